The lowest BCUT2D eigenvalue weighted by Gasteiger charge is -2.39. The minimum atomic E-state index is 0.157. The number of nitrogens with zero attached hydrogens (tertiary/aromatic N) is 2. The molecule has 0 aliphatic carbocycles. The Kier molecular flexibility index (Phi) is 3.09. The molecule has 4 nitrogen and oxygen atoms in total. The highest BCUT2D eigenvalue weighted by molar-refractivity contribution is 5.79. The highest BCUT2D eigenvalue weighted by Crippen LogP contribution is 2.32. The predicted molar refractivity (Wildman–Crippen MR) is 64.5 cm³/mol. The maximum Gasteiger partial charge on any atom is 0.223 e. The third-order valence-electron chi connectivity index (χ3n) is 4.73. The molecule has 1 N–H and O–H groups in total. The number of aliphatic hydroxyl groups is 1. The lowest BCUT2D eigenvalue weighted by atomic mass is 9.96. The number of carbonyl (C=O) groups excluding carboxylic acids is 1. The quantitative estimate of drug-likeness (QED) is 0.760. The molecule has 3 unspecified atom stereocenters. The highest BCUT2D eigenvalue weighted by Gasteiger charge is 2.39. The largest absolute Gasteiger partial charge is 0.396 e. The fourth-order valence-corrected chi connectivity index (χ4v) is 3.77. The fraction of sp³-hybridized carbons (Fsp3) is 0.923. The number of carbonyl (C=O) groups is 1. The predicted octanol–water partition coefficient (Wildman–Crippen LogP) is 0.454. The molecule has 3 fully saturated rings. The summed E-state index contributed by atoms with van der Waals surface area (Å²) in [7, 11) is 0. The zero-order chi connectivity index (χ0) is 11.8. The Morgan fingerprint density at radius 1 is 1.24 bits per heavy atom. The van der Waals surface area contributed by atoms with Gasteiger partial charge in [0, 0.05) is 44.1 Å². The van der Waals surface area contributed by atoms with E-state index < -0.39 is 0 Å². The van der Waals surface area contributed by atoms with E-state index in [-0.39, 0.29) is 18.4 Å². The van der Waals surface area contributed by atoms with Crippen LogP contribution in [-0.2, 0) is 4.79 Å². The van der Waals surface area contributed by atoms with E-state index in [2.05, 4.69) is 9.80 Å². The molecular weight excluding hydrogens is 216 g/mol. The third kappa shape index (κ3) is 2.08. The summed E-state index contributed by atoms with van der Waals surface area (Å²) in [5.74, 6) is 0.449. The summed E-state index contributed by atoms with van der Waals surface area (Å²) >= 11 is 0. The van der Waals surface area contributed by atoms with Crippen molar-refractivity contribution in [2.45, 2.75) is 44.2 Å². The fourth-order valence-electron chi connectivity index (χ4n) is 3.77. The van der Waals surface area contributed by atoms with E-state index in [1.165, 1.54) is 19.4 Å². The Bertz CT molecular complexity index is 308. The van der Waals surface area contributed by atoms with E-state index in [4.69, 9.17) is 5.11 Å². The van der Waals surface area contributed by atoms with Crippen molar-refractivity contribution in [3.63, 3.8) is 0 Å². The van der Waals surface area contributed by atoms with Gasteiger partial charge in [0.1, 0.15) is 0 Å². The van der Waals surface area contributed by atoms with Crippen LogP contribution in [0, 0.1) is 5.92 Å². The average molecular weight is 238 g/mol. The van der Waals surface area contributed by atoms with Gasteiger partial charge in [-0.1, -0.05) is 0 Å². The molecule has 0 aromatic carbocycles. The summed E-state index contributed by atoms with van der Waals surface area (Å²) in [6, 6.07) is 1.16. The van der Waals surface area contributed by atoms with Crippen LogP contribution in [0.25, 0.3) is 0 Å². The highest BCUT2D eigenvalue weighted by atomic mass is 16.3. The summed E-state index contributed by atoms with van der Waals surface area (Å²) in [4.78, 5) is 16.6. The molecule has 3 heterocycles. The Labute approximate surface area is 103 Å². The summed E-state index contributed by atoms with van der Waals surface area (Å²) in [6.07, 6.45) is 5.47. The van der Waals surface area contributed by atoms with Gasteiger partial charge >= 0.3 is 0 Å². The molecule has 0 bridgehead atoms. The van der Waals surface area contributed by atoms with E-state index >= 15 is 0 Å². The van der Waals surface area contributed by atoms with Crippen molar-refractivity contribution in [3.05, 3.63) is 0 Å². The van der Waals surface area contributed by atoms with Crippen molar-refractivity contribution in [2.75, 3.05) is 26.2 Å². The molecule has 3 aliphatic rings. The molecule has 17 heavy (non-hydrogen) atoms. The lowest BCUT2D eigenvalue weighted by molar-refractivity contribution is -0.130. The molecule has 0 spiro atoms. The van der Waals surface area contributed by atoms with Gasteiger partial charge in [-0.15, -0.1) is 0 Å². The van der Waals surface area contributed by atoms with Gasteiger partial charge in [-0.05, 0) is 32.2 Å². The van der Waals surface area contributed by atoms with Crippen LogP contribution in [0.2, 0.25) is 0 Å². The summed E-state index contributed by atoms with van der Waals surface area (Å²) in [5, 5.41) is 9.16. The normalized spacial score (nSPS) is 38.8. The summed E-state index contributed by atoms with van der Waals surface area (Å²) < 4.78 is 0. The Hall–Kier alpha value is -0.610. The second-order valence-electron chi connectivity index (χ2n) is 5.81. The van der Waals surface area contributed by atoms with Gasteiger partial charge < -0.3 is 14.9 Å². The SMILES string of the molecule is O=C1CC(CO)CN1C1CCN2CCCC2C1. The number of hydrogen-bond donors (Lipinski definition) is 1. The van der Waals surface area contributed by atoms with Gasteiger partial charge in [0.05, 0.1) is 0 Å². The van der Waals surface area contributed by atoms with Crippen LogP contribution in [0.5, 0.6) is 0 Å². The molecule has 3 aliphatic heterocycles. The van der Waals surface area contributed by atoms with Gasteiger partial charge in [-0.25, -0.2) is 0 Å². The van der Waals surface area contributed by atoms with Crippen molar-refractivity contribution in [3.8, 4) is 0 Å². The Morgan fingerprint density at radius 3 is 2.88 bits per heavy atom. The molecule has 0 aromatic rings. The number of likely N-dealkylation sites (tertiary alicyclic amines) is 1. The molecular formula is C13H22N2O2. The van der Waals surface area contributed by atoms with Crippen molar-refractivity contribution in [1.29, 1.82) is 0 Å². The Morgan fingerprint density at radius 2 is 2.12 bits per heavy atom. The minimum absolute atomic E-state index is 0.157. The van der Waals surface area contributed by atoms with E-state index in [1.807, 2.05) is 0 Å². The first kappa shape index (κ1) is 11.5. The van der Waals surface area contributed by atoms with Crippen molar-refractivity contribution in [1.82, 2.24) is 9.80 Å². The summed E-state index contributed by atoms with van der Waals surface area (Å²) in [6.45, 7) is 3.35. The number of aliphatic hydroxyl groups excluding tert-OH is 1. The second-order valence-corrected chi connectivity index (χ2v) is 5.81. The third-order valence-corrected chi connectivity index (χ3v) is 4.73. The van der Waals surface area contributed by atoms with Crippen molar-refractivity contribution >= 4 is 5.91 Å². The molecule has 3 saturated heterocycles. The zero-order valence-electron chi connectivity index (χ0n) is 10.3. The maximum absolute atomic E-state index is 11.9. The first-order valence-electron chi connectivity index (χ1n) is 6.92. The van der Waals surface area contributed by atoms with E-state index in [0.29, 0.717) is 12.5 Å². The molecule has 4 heteroatoms. The van der Waals surface area contributed by atoms with Crippen LogP contribution in [0.3, 0.4) is 0 Å². The topological polar surface area (TPSA) is 43.8 Å². The van der Waals surface area contributed by atoms with E-state index in [0.717, 1.165) is 32.0 Å². The number of rotatable bonds is 2. The van der Waals surface area contributed by atoms with Gasteiger partial charge in [0.2, 0.25) is 5.91 Å². The van der Waals surface area contributed by atoms with Crippen LogP contribution >= 0.6 is 0 Å². The van der Waals surface area contributed by atoms with E-state index in [1.54, 1.807) is 0 Å². The maximum atomic E-state index is 11.9. The zero-order valence-corrected chi connectivity index (χ0v) is 10.3. The first-order chi connectivity index (χ1) is 8.28. The molecule has 0 radical (unpaired) electrons. The van der Waals surface area contributed by atoms with E-state index in [9.17, 15) is 4.79 Å². The Balaban J connectivity index is 1.63. The van der Waals surface area contributed by atoms with Crippen LogP contribution in [0.15, 0.2) is 0 Å². The molecule has 3 rings (SSSR count). The molecule has 0 saturated carbocycles. The number of amides is 1. The van der Waals surface area contributed by atoms with Crippen molar-refractivity contribution in [2.24, 2.45) is 5.92 Å². The van der Waals surface area contributed by atoms with Crippen LogP contribution in [0.4, 0.5) is 0 Å². The molecule has 96 valence electrons. The van der Waals surface area contributed by atoms with Gasteiger partial charge in [-0.3, -0.25) is 4.79 Å². The number of hydrogen-bond acceptors (Lipinski definition) is 3. The van der Waals surface area contributed by atoms with Gasteiger partial charge in [0.15, 0.2) is 0 Å². The van der Waals surface area contributed by atoms with Crippen LogP contribution < -0.4 is 0 Å². The molecule has 3 atom stereocenters. The first-order valence-corrected chi connectivity index (χ1v) is 6.92. The monoisotopic (exact) mass is 238 g/mol. The smallest absolute Gasteiger partial charge is 0.223 e. The lowest BCUT2D eigenvalue weighted by Crippen LogP contribution is -2.48. The summed E-state index contributed by atoms with van der Waals surface area (Å²) in [5.41, 5.74) is 0. The van der Waals surface area contributed by atoms with Crippen LogP contribution in [0.1, 0.15) is 32.1 Å². The standard InChI is InChI=1S/C13H22N2O2/c16-9-10-6-13(17)15(8-10)12-3-5-14-4-1-2-11(14)7-12/h10-12,16H,1-9H2. The molecule has 0 aromatic heterocycles. The molecule has 1 amide bonds. The van der Waals surface area contributed by atoms with Gasteiger partial charge in [-0.2, -0.15) is 0 Å². The number of piperidine rings is 1. The van der Waals surface area contributed by atoms with Crippen LogP contribution in [-0.4, -0.2) is 59.1 Å². The van der Waals surface area contributed by atoms with Gasteiger partial charge in [0.25, 0.3) is 0 Å². The average Bonchev–Trinajstić information content (AvgIpc) is 2.93. The number of fused-ring (bicyclic) bond motifs is 1. The minimum Gasteiger partial charge on any atom is -0.396 e. The second kappa shape index (κ2) is 4.58. The van der Waals surface area contributed by atoms with Crippen molar-refractivity contribution < 1.29 is 9.90 Å².